The zero-order chi connectivity index (χ0) is 16.5. The lowest BCUT2D eigenvalue weighted by Gasteiger charge is -2.36. The molecule has 0 spiro atoms. The highest BCUT2D eigenvalue weighted by Gasteiger charge is 2.26. The van der Waals surface area contributed by atoms with E-state index in [9.17, 15) is 13.2 Å². The van der Waals surface area contributed by atoms with Crippen LogP contribution in [-0.4, -0.2) is 49.6 Å². The molecule has 2 atom stereocenters. The van der Waals surface area contributed by atoms with Gasteiger partial charge in [-0.05, 0) is 52.0 Å². The molecule has 1 heterocycles. The van der Waals surface area contributed by atoms with Gasteiger partial charge in [-0.1, -0.05) is 0 Å². The second-order valence-electron chi connectivity index (χ2n) is 6.30. The van der Waals surface area contributed by atoms with E-state index in [1.54, 1.807) is 26.0 Å². The summed E-state index contributed by atoms with van der Waals surface area (Å²) in [5.74, 6) is -0.0475. The zero-order valence-electron chi connectivity index (χ0n) is 13.5. The smallest absolute Gasteiger partial charge is 0.253 e. The van der Waals surface area contributed by atoms with Gasteiger partial charge in [0, 0.05) is 30.7 Å². The van der Waals surface area contributed by atoms with Crippen molar-refractivity contribution < 1.29 is 13.2 Å². The Morgan fingerprint density at radius 3 is 2.09 bits per heavy atom. The Balaban J connectivity index is 2.18. The number of hydrogen-bond donors (Lipinski definition) is 1. The number of hydrogen-bond acceptors (Lipinski definition) is 4. The van der Waals surface area contributed by atoms with Crippen LogP contribution in [0.25, 0.3) is 0 Å². The number of carbonyl (C=O) groups excluding carboxylic acids is 1. The third-order valence-electron chi connectivity index (χ3n) is 3.90. The summed E-state index contributed by atoms with van der Waals surface area (Å²) in [5.41, 5.74) is 0.531. The summed E-state index contributed by atoms with van der Waals surface area (Å²) in [6.07, 6.45) is 0. The van der Waals surface area contributed by atoms with Crippen molar-refractivity contribution >= 4 is 15.7 Å². The van der Waals surface area contributed by atoms with Crippen LogP contribution in [0, 0.1) is 0 Å². The molecular formula is C16H24N2O3S. The van der Waals surface area contributed by atoms with E-state index in [2.05, 4.69) is 5.32 Å². The van der Waals surface area contributed by atoms with Crippen molar-refractivity contribution in [3.63, 3.8) is 0 Å². The van der Waals surface area contributed by atoms with Gasteiger partial charge in [0.05, 0.1) is 10.1 Å². The fourth-order valence-electron chi connectivity index (χ4n) is 2.73. The van der Waals surface area contributed by atoms with Gasteiger partial charge >= 0.3 is 0 Å². The van der Waals surface area contributed by atoms with Gasteiger partial charge in [0.1, 0.15) is 0 Å². The molecule has 0 saturated carbocycles. The fourth-order valence-corrected chi connectivity index (χ4v) is 3.79. The first-order valence-corrected chi connectivity index (χ1v) is 9.15. The summed E-state index contributed by atoms with van der Waals surface area (Å²) in [6.45, 7) is 8.72. The predicted octanol–water partition coefficient (Wildman–Crippen LogP) is 1.69. The molecule has 6 heteroatoms. The van der Waals surface area contributed by atoms with Crippen LogP contribution >= 0.6 is 0 Å². The van der Waals surface area contributed by atoms with Crippen LogP contribution in [0.1, 0.15) is 38.1 Å². The first kappa shape index (κ1) is 17.0. The second-order valence-corrected chi connectivity index (χ2v) is 8.80. The monoisotopic (exact) mass is 324 g/mol. The number of nitrogens with one attached hydrogen (secondary N) is 1. The molecule has 1 aliphatic heterocycles. The Morgan fingerprint density at radius 1 is 1.14 bits per heavy atom. The molecule has 0 aliphatic carbocycles. The van der Waals surface area contributed by atoms with Crippen LogP contribution in [0.15, 0.2) is 29.2 Å². The molecule has 0 radical (unpaired) electrons. The first-order valence-electron chi connectivity index (χ1n) is 7.61. The highest BCUT2D eigenvalue weighted by Crippen LogP contribution is 2.18. The SMILES string of the molecule is CC(C)S(=O)(=O)c1ccc(C(=O)N2C[C@@H](C)N[C@H](C)C2)cc1. The van der Waals surface area contributed by atoms with E-state index < -0.39 is 15.1 Å². The van der Waals surface area contributed by atoms with E-state index in [1.807, 2.05) is 18.7 Å². The average molecular weight is 324 g/mol. The molecule has 1 saturated heterocycles. The number of benzene rings is 1. The molecule has 1 aromatic carbocycles. The minimum Gasteiger partial charge on any atom is -0.336 e. The normalized spacial score (nSPS) is 22.9. The van der Waals surface area contributed by atoms with Crippen molar-refractivity contribution in [2.75, 3.05) is 13.1 Å². The Hall–Kier alpha value is -1.40. The van der Waals surface area contributed by atoms with E-state index in [-0.39, 0.29) is 22.9 Å². The average Bonchev–Trinajstić information content (AvgIpc) is 2.45. The Kier molecular flexibility index (Phi) is 4.92. The largest absolute Gasteiger partial charge is 0.336 e. The van der Waals surface area contributed by atoms with Gasteiger partial charge in [0.25, 0.3) is 5.91 Å². The molecular weight excluding hydrogens is 300 g/mol. The topological polar surface area (TPSA) is 66.5 Å². The predicted molar refractivity (Wildman–Crippen MR) is 86.7 cm³/mol. The molecule has 1 aromatic rings. The van der Waals surface area contributed by atoms with Crippen molar-refractivity contribution in [2.24, 2.45) is 0 Å². The van der Waals surface area contributed by atoms with Gasteiger partial charge in [-0.15, -0.1) is 0 Å². The lowest BCUT2D eigenvalue weighted by Crippen LogP contribution is -2.55. The molecule has 0 bridgehead atoms. The maximum atomic E-state index is 12.5. The van der Waals surface area contributed by atoms with E-state index >= 15 is 0 Å². The van der Waals surface area contributed by atoms with E-state index in [1.165, 1.54) is 12.1 Å². The zero-order valence-corrected chi connectivity index (χ0v) is 14.4. The summed E-state index contributed by atoms with van der Waals surface area (Å²) in [5, 5.41) is 2.92. The molecule has 0 unspecified atom stereocenters. The number of carbonyl (C=O) groups is 1. The van der Waals surface area contributed by atoms with Crippen LogP contribution in [-0.2, 0) is 9.84 Å². The number of amides is 1. The summed E-state index contributed by atoms with van der Waals surface area (Å²) >= 11 is 0. The lowest BCUT2D eigenvalue weighted by atomic mass is 10.1. The van der Waals surface area contributed by atoms with Crippen LogP contribution in [0.3, 0.4) is 0 Å². The van der Waals surface area contributed by atoms with Gasteiger partial charge in [-0.3, -0.25) is 4.79 Å². The van der Waals surface area contributed by atoms with Crippen LogP contribution in [0.4, 0.5) is 0 Å². The second kappa shape index (κ2) is 6.38. The fraction of sp³-hybridized carbons (Fsp3) is 0.562. The van der Waals surface area contributed by atoms with Crippen molar-refractivity contribution in [1.29, 1.82) is 0 Å². The lowest BCUT2D eigenvalue weighted by molar-refractivity contribution is 0.0673. The molecule has 1 aliphatic rings. The molecule has 22 heavy (non-hydrogen) atoms. The molecule has 0 aromatic heterocycles. The molecule has 2 rings (SSSR count). The van der Waals surface area contributed by atoms with Gasteiger partial charge in [-0.25, -0.2) is 8.42 Å². The minimum absolute atomic E-state index is 0.0475. The highest BCUT2D eigenvalue weighted by molar-refractivity contribution is 7.92. The Labute approximate surface area is 132 Å². The van der Waals surface area contributed by atoms with Crippen molar-refractivity contribution in [3.8, 4) is 0 Å². The van der Waals surface area contributed by atoms with E-state index in [4.69, 9.17) is 0 Å². The number of rotatable bonds is 3. The highest BCUT2D eigenvalue weighted by atomic mass is 32.2. The summed E-state index contributed by atoms with van der Waals surface area (Å²) in [6, 6.07) is 6.78. The van der Waals surface area contributed by atoms with Crippen molar-refractivity contribution in [2.45, 2.75) is 49.9 Å². The van der Waals surface area contributed by atoms with E-state index in [0.717, 1.165) is 0 Å². The van der Waals surface area contributed by atoms with Crippen molar-refractivity contribution in [1.82, 2.24) is 10.2 Å². The van der Waals surface area contributed by atoms with Crippen LogP contribution in [0.2, 0.25) is 0 Å². The molecule has 1 amide bonds. The van der Waals surface area contributed by atoms with Gasteiger partial charge in [-0.2, -0.15) is 0 Å². The Morgan fingerprint density at radius 2 is 1.64 bits per heavy atom. The minimum atomic E-state index is -3.30. The first-order chi connectivity index (χ1) is 10.2. The number of sulfone groups is 1. The maximum absolute atomic E-state index is 12.5. The summed E-state index contributed by atoms with van der Waals surface area (Å²) < 4.78 is 24.2. The van der Waals surface area contributed by atoms with Gasteiger partial charge in [0.15, 0.2) is 9.84 Å². The molecule has 1 fully saturated rings. The van der Waals surface area contributed by atoms with E-state index in [0.29, 0.717) is 18.7 Å². The Bertz CT molecular complexity index is 628. The summed E-state index contributed by atoms with van der Waals surface area (Å²) in [7, 11) is -3.30. The third kappa shape index (κ3) is 3.50. The summed E-state index contributed by atoms with van der Waals surface area (Å²) in [4.78, 5) is 14.6. The molecule has 1 N–H and O–H groups in total. The van der Waals surface area contributed by atoms with Crippen LogP contribution in [0.5, 0.6) is 0 Å². The third-order valence-corrected chi connectivity index (χ3v) is 6.07. The maximum Gasteiger partial charge on any atom is 0.253 e. The standard InChI is InChI=1S/C16H24N2O3S/c1-11(2)22(20,21)15-7-5-14(6-8-15)16(19)18-9-12(3)17-13(4)10-18/h5-8,11-13,17H,9-10H2,1-4H3/t12-,13-/m1/s1. The molecule has 5 nitrogen and oxygen atoms in total. The van der Waals surface area contributed by atoms with Gasteiger partial charge in [0.2, 0.25) is 0 Å². The quantitative estimate of drug-likeness (QED) is 0.919. The van der Waals surface area contributed by atoms with Crippen molar-refractivity contribution in [3.05, 3.63) is 29.8 Å². The van der Waals surface area contributed by atoms with Gasteiger partial charge < -0.3 is 10.2 Å². The van der Waals surface area contributed by atoms with Crippen LogP contribution < -0.4 is 5.32 Å². The number of nitrogens with zero attached hydrogens (tertiary/aromatic N) is 1. The molecule has 122 valence electrons. The number of piperazine rings is 1.